The van der Waals surface area contributed by atoms with Gasteiger partial charge in [-0.3, -0.25) is 25.2 Å². The van der Waals surface area contributed by atoms with Crippen LogP contribution in [-0.4, -0.2) is 32.9 Å². The van der Waals surface area contributed by atoms with Crippen LogP contribution in [0.15, 0.2) is 73.1 Å². The zero-order valence-electron chi connectivity index (χ0n) is 19.2. The molecule has 11 heteroatoms. The molecule has 0 spiro atoms. The number of benzene rings is 2. The maximum Gasteiger partial charge on any atom is 0.270 e. The molecule has 0 unspecified atom stereocenters. The largest absolute Gasteiger partial charge is 0.496 e. The molecule has 37 heavy (non-hydrogen) atoms. The van der Waals surface area contributed by atoms with Gasteiger partial charge in [0.1, 0.15) is 16.1 Å². The van der Waals surface area contributed by atoms with Crippen molar-refractivity contribution in [1.29, 1.82) is 5.26 Å². The van der Waals surface area contributed by atoms with Gasteiger partial charge in [0.25, 0.3) is 11.6 Å². The van der Waals surface area contributed by atoms with Gasteiger partial charge in [0.2, 0.25) is 0 Å². The Kier molecular flexibility index (Phi) is 6.23. The minimum atomic E-state index is -0.510. The molecule has 1 N–H and O–H groups in total. The van der Waals surface area contributed by atoms with Crippen molar-refractivity contribution in [3.05, 3.63) is 94.3 Å². The maximum atomic E-state index is 13.2. The van der Waals surface area contributed by atoms with Gasteiger partial charge in [-0.1, -0.05) is 23.5 Å². The monoisotopic (exact) mass is 508 g/mol. The van der Waals surface area contributed by atoms with Gasteiger partial charge in [-0.2, -0.15) is 5.26 Å². The Labute approximate surface area is 214 Å². The quantitative estimate of drug-likeness (QED) is 0.235. The van der Waals surface area contributed by atoms with Gasteiger partial charge in [0.05, 0.1) is 34.9 Å². The SMILES string of the molecule is COc1ccc([N+](=O)[O-])cc1-c1ccncc1C(=O)Nc1nc2ccc(-c3ccc(C#N)cc3)nc2s1. The number of fused-ring (bicyclic) bond motifs is 1. The van der Waals surface area contributed by atoms with Crippen LogP contribution >= 0.6 is 11.3 Å². The first kappa shape index (κ1) is 23.5. The maximum absolute atomic E-state index is 13.2. The molecule has 0 aliphatic carbocycles. The zero-order chi connectivity index (χ0) is 25.9. The van der Waals surface area contributed by atoms with Crippen LogP contribution in [0.5, 0.6) is 5.75 Å². The first-order chi connectivity index (χ1) is 18.0. The minimum absolute atomic E-state index is 0.130. The highest BCUT2D eigenvalue weighted by Crippen LogP contribution is 2.36. The van der Waals surface area contributed by atoms with Crippen LogP contribution in [0.4, 0.5) is 10.8 Å². The number of nitrogens with zero attached hydrogens (tertiary/aromatic N) is 5. The number of carbonyl (C=O) groups is 1. The molecule has 2 aromatic carbocycles. The van der Waals surface area contributed by atoms with Crippen LogP contribution in [-0.2, 0) is 0 Å². The lowest BCUT2D eigenvalue weighted by Crippen LogP contribution is -2.13. The van der Waals surface area contributed by atoms with Crippen LogP contribution in [0.1, 0.15) is 15.9 Å². The molecule has 0 bridgehead atoms. The van der Waals surface area contributed by atoms with E-state index in [1.807, 2.05) is 24.3 Å². The number of ether oxygens (including phenoxy) is 1. The number of methoxy groups -OCH3 is 1. The summed E-state index contributed by atoms with van der Waals surface area (Å²) in [5.41, 5.74) is 3.63. The molecule has 3 heterocycles. The van der Waals surface area contributed by atoms with Crippen molar-refractivity contribution in [1.82, 2.24) is 15.0 Å². The van der Waals surface area contributed by atoms with E-state index in [0.717, 1.165) is 5.56 Å². The number of nitro groups is 1. The minimum Gasteiger partial charge on any atom is -0.496 e. The molecule has 0 aliphatic heterocycles. The number of pyridine rings is 2. The number of aromatic nitrogens is 3. The summed E-state index contributed by atoms with van der Waals surface area (Å²) in [7, 11) is 1.45. The van der Waals surface area contributed by atoms with Crippen molar-refractivity contribution in [2.45, 2.75) is 0 Å². The Hall–Kier alpha value is -5.21. The lowest BCUT2D eigenvalue weighted by atomic mass is 9.99. The third-order valence-corrected chi connectivity index (χ3v) is 6.42. The van der Waals surface area contributed by atoms with Crippen molar-refractivity contribution < 1.29 is 14.5 Å². The lowest BCUT2D eigenvalue weighted by molar-refractivity contribution is -0.384. The van der Waals surface area contributed by atoms with E-state index in [4.69, 9.17) is 10.00 Å². The lowest BCUT2D eigenvalue weighted by Gasteiger charge is -2.12. The summed E-state index contributed by atoms with van der Waals surface area (Å²) in [6.45, 7) is 0. The van der Waals surface area contributed by atoms with E-state index in [2.05, 4.69) is 26.3 Å². The number of nitriles is 1. The molecule has 1 amide bonds. The van der Waals surface area contributed by atoms with E-state index in [-0.39, 0.29) is 11.3 Å². The number of thiazole rings is 1. The molecular weight excluding hydrogens is 492 g/mol. The second kappa shape index (κ2) is 9.80. The van der Waals surface area contributed by atoms with Crippen LogP contribution in [0.2, 0.25) is 0 Å². The average molecular weight is 509 g/mol. The van der Waals surface area contributed by atoms with Crippen molar-refractivity contribution in [2.24, 2.45) is 0 Å². The first-order valence-corrected chi connectivity index (χ1v) is 11.6. The number of amides is 1. The van der Waals surface area contributed by atoms with Gasteiger partial charge >= 0.3 is 0 Å². The van der Waals surface area contributed by atoms with E-state index in [1.54, 1.807) is 18.2 Å². The molecule has 0 fully saturated rings. The smallest absolute Gasteiger partial charge is 0.270 e. The molecule has 0 atom stereocenters. The highest BCUT2D eigenvalue weighted by Gasteiger charge is 2.20. The summed E-state index contributed by atoms with van der Waals surface area (Å²) in [6.07, 6.45) is 2.88. The number of non-ortho nitro benzene ring substituents is 1. The summed E-state index contributed by atoms with van der Waals surface area (Å²) in [4.78, 5) is 37.9. The van der Waals surface area contributed by atoms with Gasteiger partial charge in [-0.15, -0.1) is 0 Å². The van der Waals surface area contributed by atoms with E-state index in [1.165, 1.54) is 49.0 Å². The molecule has 0 radical (unpaired) electrons. The summed E-state index contributed by atoms with van der Waals surface area (Å²) >= 11 is 1.21. The van der Waals surface area contributed by atoms with Gasteiger partial charge in [0, 0.05) is 41.2 Å². The van der Waals surface area contributed by atoms with E-state index in [9.17, 15) is 14.9 Å². The molecule has 5 rings (SSSR count). The number of hydrogen-bond acceptors (Lipinski definition) is 9. The number of nitro benzene ring substituents is 1. The van der Waals surface area contributed by atoms with Gasteiger partial charge in [-0.05, 0) is 36.4 Å². The highest BCUT2D eigenvalue weighted by atomic mass is 32.1. The fourth-order valence-electron chi connectivity index (χ4n) is 3.74. The second-order valence-corrected chi connectivity index (χ2v) is 8.72. The predicted molar refractivity (Wildman–Crippen MR) is 138 cm³/mol. The van der Waals surface area contributed by atoms with E-state index >= 15 is 0 Å². The highest BCUT2D eigenvalue weighted by molar-refractivity contribution is 7.22. The van der Waals surface area contributed by atoms with Crippen LogP contribution in [0, 0.1) is 21.4 Å². The third kappa shape index (κ3) is 4.69. The topological polar surface area (TPSA) is 144 Å². The molecule has 180 valence electrons. The molecule has 5 aromatic rings. The molecular formula is C26H16N6O4S. The van der Waals surface area contributed by atoms with Gasteiger partial charge in [-0.25, -0.2) is 9.97 Å². The van der Waals surface area contributed by atoms with E-state index in [0.29, 0.717) is 43.6 Å². The summed E-state index contributed by atoms with van der Waals surface area (Å²) in [5, 5.41) is 23.4. The Morgan fingerprint density at radius 2 is 1.89 bits per heavy atom. The predicted octanol–water partition coefficient (Wildman–Crippen LogP) is 5.46. The fraction of sp³-hybridized carbons (Fsp3) is 0.0385. The normalized spacial score (nSPS) is 10.6. The average Bonchev–Trinajstić information content (AvgIpc) is 3.34. The Balaban J connectivity index is 1.46. The van der Waals surface area contributed by atoms with Gasteiger partial charge < -0.3 is 4.74 Å². The van der Waals surface area contributed by atoms with Crippen LogP contribution in [0.3, 0.4) is 0 Å². The Morgan fingerprint density at radius 1 is 1.08 bits per heavy atom. The zero-order valence-corrected chi connectivity index (χ0v) is 20.0. The molecule has 0 saturated heterocycles. The number of rotatable bonds is 6. The van der Waals surface area contributed by atoms with Gasteiger partial charge in [0.15, 0.2) is 5.13 Å². The number of carbonyl (C=O) groups excluding carboxylic acids is 1. The fourth-order valence-corrected chi connectivity index (χ4v) is 4.57. The third-order valence-electron chi connectivity index (χ3n) is 5.54. The Bertz CT molecular complexity index is 1710. The molecule has 0 aliphatic rings. The number of anilines is 1. The van der Waals surface area contributed by atoms with Crippen molar-refractivity contribution in [3.63, 3.8) is 0 Å². The molecule has 3 aromatic heterocycles. The number of hydrogen-bond donors (Lipinski definition) is 1. The summed E-state index contributed by atoms with van der Waals surface area (Å²) in [5.74, 6) is -0.103. The van der Waals surface area contributed by atoms with E-state index < -0.39 is 10.8 Å². The standard InChI is InChI=1S/C26H16N6O4S/c1-36-23-9-6-17(32(34)35)12-19(23)18-10-11-28-14-20(18)24(33)31-26-30-22-8-7-21(29-25(22)37-26)16-4-2-15(13-27)3-5-16/h2-12,14H,1H3,(H,30,31,33). The first-order valence-electron chi connectivity index (χ1n) is 10.8. The summed E-state index contributed by atoms with van der Waals surface area (Å²) in [6, 6.07) is 18.6. The number of nitrogens with one attached hydrogen (secondary N) is 1. The second-order valence-electron chi connectivity index (χ2n) is 7.75. The van der Waals surface area contributed by atoms with Crippen molar-refractivity contribution in [3.8, 4) is 34.2 Å². The summed E-state index contributed by atoms with van der Waals surface area (Å²) < 4.78 is 5.38. The van der Waals surface area contributed by atoms with Crippen molar-refractivity contribution in [2.75, 3.05) is 12.4 Å². The van der Waals surface area contributed by atoms with Crippen LogP contribution in [0.25, 0.3) is 32.7 Å². The Morgan fingerprint density at radius 3 is 2.62 bits per heavy atom. The molecule has 10 nitrogen and oxygen atoms in total. The van der Waals surface area contributed by atoms with Crippen molar-refractivity contribution >= 4 is 38.4 Å². The molecule has 0 saturated carbocycles. The van der Waals surface area contributed by atoms with Crippen LogP contribution < -0.4 is 10.1 Å².